The normalized spacial score (nSPS) is 11.2. The molecule has 0 saturated carbocycles. The number of hydrogen-bond acceptors (Lipinski definition) is 3. The summed E-state index contributed by atoms with van der Waals surface area (Å²) in [5.41, 5.74) is 0.514. The quantitative estimate of drug-likeness (QED) is 0.699. The number of benzene rings is 2. The lowest BCUT2D eigenvalue weighted by Gasteiger charge is -2.11. The minimum Gasteiger partial charge on any atom is -0.376 e. The Labute approximate surface area is 155 Å². The molecule has 3 N–H and O–H groups in total. The summed E-state index contributed by atoms with van der Waals surface area (Å²) in [4.78, 5) is 23.5. The maximum Gasteiger partial charge on any atom is 0.416 e. The van der Waals surface area contributed by atoms with Crippen molar-refractivity contribution in [3.63, 3.8) is 0 Å². The van der Waals surface area contributed by atoms with Gasteiger partial charge in [0.1, 0.15) is 0 Å². The minimum atomic E-state index is -4.47. The second-order valence-corrected chi connectivity index (χ2v) is 6.20. The van der Waals surface area contributed by atoms with Gasteiger partial charge < -0.3 is 16.0 Å². The molecule has 2 aromatic carbocycles. The number of hydrogen-bond donors (Lipinski definition) is 3. The Morgan fingerprint density at radius 2 is 1.56 bits per heavy atom. The predicted octanol–water partition coefficient (Wildman–Crippen LogP) is 4.35. The molecule has 0 spiro atoms. The molecular weight excluding hydrogens is 359 g/mol. The summed E-state index contributed by atoms with van der Waals surface area (Å²) in [5, 5.41) is 8.03. The lowest BCUT2D eigenvalue weighted by atomic mass is 10.2. The van der Waals surface area contributed by atoms with Crippen LogP contribution in [0.4, 0.5) is 30.2 Å². The van der Waals surface area contributed by atoms with Gasteiger partial charge in [0.2, 0.25) is 11.8 Å². The summed E-state index contributed by atoms with van der Waals surface area (Å²) < 4.78 is 38.0. The monoisotopic (exact) mass is 379 g/mol. The van der Waals surface area contributed by atoms with Crippen LogP contribution in [0.1, 0.15) is 19.4 Å². The van der Waals surface area contributed by atoms with Gasteiger partial charge in [-0.15, -0.1) is 0 Å². The molecule has 0 atom stereocenters. The van der Waals surface area contributed by atoms with Crippen LogP contribution in [0, 0.1) is 5.92 Å². The molecule has 2 amide bonds. The number of nitrogens with one attached hydrogen (secondary N) is 3. The van der Waals surface area contributed by atoms with Gasteiger partial charge >= 0.3 is 6.18 Å². The number of alkyl halides is 3. The molecule has 5 nitrogen and oxygen atoms in total. The van der Waals surface area contributed by atoms with E-state index in [-0.39, 0.29) is 24.1 Å². The van der Waals surface area contributed by atoms with Crippen LogP contribution in [0.2, 0.25) is 0 Å². The Morgan fingerprint density at radius 1 is 0.926 bits per heavy atom. The molecule has 0 saturated heterocycles. The van der Waals surface area contributed by atoms with Crippen LogP contribution in [0.3, 0.4) is 0 Å². The number of carbonyl (C=O) groups excluding carboxylic acids is 2. The molecule has 27 heavy (non-hydrogen) atoms. The highest BCUT2D eigenvalue weighted by Gasteiger charge is 2.30. The van der Waals surface area contributed by atoms with Crippen molar-refractivity contribution >= 4 is 28.9 Å². The average Bonchev–Trinajstić information content (AvgIpc) is 2.60. The van der Waals surface area contributed by atoms with Crippen molar-refractivity contribution in [3.05, 3.63) is 54.1 Å². The molecule has 0 heterocycles. The van der Waals surface area contributed by atoms with E-state index in [1.807, 2.05) is 0 Å². The second-order valence-electron chi connectivity index (χ2n) is 6.20. The number of rotatable bonds is 6. The van der Waals surface area contributed by atoms with E-state index in [2.05, 4.69) is 16.0 Å². The fourth-order valence-corrected chi connectivity index (χ4v) is 2.12. The predicted molar refractivity (Wildman–Crippen MR) is 98.5 cm³/mol. The van der Waals surface area contributed by atoms with Gasteiger partial charge in [-0.25, -0.2) is 0 Å². The molecule has 2 rings (SSSR count). The molecule has 0 radical (unpaired) electrons. The number of halogens is 3. The molecule has 0 aliphatic carbocycles. The molecule has 8 heteroatoms. The fourth-order valence-electron chi connectivity index (χ4n) is 2.12. The Balaban J connectivity index is 1.88. The molecule has 0 aromatic heterocycles. The lowest BCUT2D eigenvalue weighted by molar-refractivity contribution is -0.137. The third-order valence-electron chi connectivity index (χ3n) is 3.60. The highest BCUT2D eigenvalue weighted by molar-refractivity contribution is 5.94. The van der Waals surface area contributed by atoms with Gasteiger partial charge in [0.25, 0.3) is 0 Å². The summed E-state index contributed by atoms with van der Waals surface area (Å²) in [6, 6.07) is 11.2. The average molecular weight is 379 g/mol. The van der Waals surface area contributed by atoms with Gasteiger partial charge in [-0.1, -0.05) is 19.9 Å². The second kappa shape index (κ2) is 8.57. The fraction of sp³-hybridized carbons (Fsp3) is 0.263. The van der Waals surface area contributed by atoms with Gasteiger partial charge in [0.15, 0.2) is 0 Å². The van der Waals surface area contributed by atoms with E-state index in [1.165, 1.54) is 12.1 Å². The van der Waals surface area contributed by atoms with Crippen LogP contribution in [0.25, 0.3) is 0 Å². The zero-order valence-corrected chi connectivity index (χ0v) is 14.9. The van der Waals surface area contributed by atoms with Crippen molar-refractivity contribution < 1.29 is 22.8 Å². The zero-order chi connectivity index (χ0) is 20.0. The van der Waals surface area contributed by atoms with Crippen molar-refractivity contribution in [2.75, 3.05) is 22.5 Å². The maximum atomic E-state index is 12.7. The third-order valence-corrected chi connectivity index (χ3v) is 3.60. The largest absolute Gasteiger partial charge is 0.416 e. The van der Waals surface area contributed by atoms with E-state index >= 15 is 0 Å². The standard InChI is InChI=1S/C19H20F3N3O2/c1-12(2)18(27)25-15-8-6-14(7-9-15)23-11-17(26)24-16-5-3-4-13(10-16)19(20,21)22/h3-10,12,23H,11H2,1-2H3,(H,24,26)(H,25,27). The van der Waals surface area contributed by atoms with Crippen LogP contribution in [0.15, 0.2) is 48.5 Å². The van der Waals surface area contributed by atoms with Crippen molar-refractivity contribution in [3.8, 4) is 0 Å². The molecule has 0 bridgehead atoms. The first-order valence-electron chi connectivity index (χ1n) is 8.27. The van der Waals surface area contributed by atoms with Gasteiger partial charge in [-0.2, -0.15) is 13.2 Å². The first-order valence-corrected chi connectivity index (χ1v) is 8.27. The molecule has 0 aliphatic rings. The topological polar surface area (TPSA) is 70.2 Å². The summed E-state index contributed by atoms with van der Waals surface area (Å²) in [7, 11) is 0. The minimum absolute atomic E-state index is 0.0726. The van der Waals surface area contributed by atoms with Crippen molar-refractivity contribution in [1.29, 1.82) is 0 Å². The molecule has 144 valence electrons. The SMILES string of the molecule is CC(C)C(=O)Nc1ccc(NCC(=O)Nc2cccc(C(F)(F)F)c2)cc1. The van der Waals surface area contributed by atoms with Crippen molar-refractivity contribution in [2.24, 2.45) is 5.92 Å². The van der Waals surface area contributed by atoms with E-state index in [0.29, 0.717) is 11.4 Å². The van der Waals surface area contributed by atoms with Gasteiger partial charge in [-0.3, -0.25) is 9.59 Å². The third kappa shape index (κ3) is 6.32. The Kier molecular flexibility index (Phi) is 6.44. The first-order chi connectivity index (χ1) is 12.6. The molecule has 0 aliphatic heterocycles. The first kappa shape index (κ1) is 20.3. The van der Waals surface area contributed by atoms with Crippen molar-refractivity contribution in [1.82, 2.24) is 0 Å². The van der Waals surface area contributed by atoms with Crippen LogP contribution in [-0.2, 0) is 15.8 Å². The summed E-state index contributed by atoms with van der Waals surface area (Å²) in [6.07, 6.45) is -4.47. The van der Waals surface area contributed by atoms with E-state index in [9.17, 15) is 22.8 Å². The Bertz CT molecular complexity index is 803. The molecular formula is C19H20F3N3O2. The van der Waals surface area contributed by atoms with Crippen LogP contribution in [0.5, 0.6) is 0 Å². The zero-order valence-electron chi connectivity index (χ0n) is 14.9. The molecule has 0 unspecified atom stereocenters. The van der Waals surface area contributed by atoms with E-state index in [4.69, 9.17) is 0 Å². The smallest absolute Gasteiger partial charge is 0.376 e. The highest BCUT2D eigenvalue weighted by Crippen LogP contribution is 2.30. The lowest BCUT2D eigenvalue weighted by Crippen LogP contribution is -2.22. The molecule has 0 fully saturated rings. The summed E-state index contributed by atoms with van der Waals surface area (Å²) >= 11 is 0. The number of anilines is 3. The van der Waals surface area contributed by atoms with Crippen LogP contribution < -0.4 is 16.0 Å². The maximum absolute atomic E-state index is 12.7. The number of carbonyl (C=O) groups is 2. The summed E-state index contributed by atoms with van der Waals surface area (Å²) in [5.74, 6) is -0.718. The van der Waals surface area contributed by atoms with Gasteiger partial charge in [0.05, 0.1) is 12.1 Å². The van der Waals surface area contributed by atoms with E-state index in [1.54, 1.807) is 38.1 Å². The Morgan fingerprint density at radius 3 is 2.15 bits per heavy atom. The van der Waals surface area contributed by atoms with Crippen LogP contribution >= 0.6 is 0 Å². The molecule has 2 aromatic rings. The van der Waals surface area contributed by atoms with Crippen LogP contribution in [-0.4, -0.2) is 18.4 Å². The Hall–Kier alpha value is -3.03. The van der Waals surface area contributed by atoms with E-state index in [0.717, 1.165) is 12.1 Å². The van der Waals surface area contributed by atoms with Gasteiger partial charge in [0, 0.05) is 23.0 Å². The number of amides is 2. The highest BCUT2D eigenvalue weighted by atomic mass is 19.4. The van der Waals surface area contributed by atoms with Crippen molar-refractivity contribution in [2.45, 2.75) is 20.0 Å². The van der Waals surface area contributed by atoms with Gasteiger partial charge in [-0.05, 0) is 42.5 Å². The van der Waals surface area contributed by atoms with E-state index < -0.39 is 17.6 Å². The summed E-state index contributed by atoms with van der Waals surface area (Å²) in [6.45, 7) is 3.45.